The van der Waals surface area contributed by atoms with Crippen molar-refractivity contribution in [2.24, 2.45) is 0 Å². The van der Waals surface area contributed by atoms with Crippen molar-refractivity contribution < 1.29 is 24.2 Å². The van der Waals surface area contributed by atoms with Crippen molar-refractivity contribution >= 4 is 11.9 Å². The molecule has 5 heteroatoms. The molecule has 42 heavy (non-hydrogen) atoms. The molecular weight excluding hydrogens is 524 g/mol. The van der Waals surface area contributed by atoms with E-state index in [2.05, 4.69) is 26.0 Å². The molecule has 0 fully saturated rings. The molecule has 0 aromatic rings. The van der Waals surface area contributed by atoms with E-state index in [1.165, 1.54) is 128 Å². The second-order valence-corrected chi connectivity index (χ2v) is 12.3. The Morgan fingerprint density at radius 3 is 1.12 bits per heavy atom. The minimum Gasteiger partial charge on any atom is -0.463 e. The Bertz CT molecular complexity index is 603. The monoisotopic (exact) mass is 595 g/mol. The van der Waals surface area contributed by atoms with Crippen LogP contribution in [0.1, 0.15) is 194 Å². The summed E-state index contributed by atoms with van der Waals surface area (Å²) in [4.78, 5) is 23.8. The molecule has 0 spiro atoms. The molecule has 0 radical (unpaired) electrons. The number of rotatable bonds is 33. The highest BCUT2D eigenvalue weighted by molar-refractivity contribution is 5.69. The van der Waals surface area contributed by atoms with Gasteiger partial charge < -0.3 is 14.6 Å². The Morgan fingerprint density at radius 2 is 0.762 bits per heavy atom. The molecule has 0 aliphatic heterocycles. The Kier molecular flexibility index (Phi) is 33.0. The summed E-state index contributed by atoms with van der Waals surface area (Å²) in [5.74, 6) is -0.576. The second-order valence-electron chi connectivity index (χ2n) is 12.3. The van der Waals surface area contributed by atoms with Gasteiger partial charge in [0.15, 0.2) is 0 Å². The van der Waals surface area contributed by atoms with Crippen molar-refractivity contribution in [1.29, 1.82) is 0 Å². The van der Waals surface area contributed by atoms with Crippen LogP contribution in [0, 0.1) is 0 Å². The maximum atomic E-state index is 11.9. The first-order valence-corrected chi connectivity index (χ1v) is 18.2. The van der Waals surface area contributed by atoms with Gasteiger partial charge in [0.1, 0.15) is 19.3 Å². The van der Waals surface area contributed by atoms with Crippen LogP contribution in [0.2, 0.25) is 0 Å². The van der Waals surface area contributed by atoms with E-state index in [-0.39, 0.29) is 25.2 Å². The van der Waals surface area contributed by atoms with Crippen LogP contribution in [0.4, 0.5) is 0 Å². The maximum absolute atomic E-state index is 11.9. The van der Waals surface area contributed by atoms with E-state index >= 15 is 0 Å². The third-order valence-electron chi connectivity index (χ3n) is 8.00. The van der Waals surface area contributed by atoms with Crippen molar-refractivity contribution in [3.05, 3.63) is 12.2 Å². The molecule has 0 saturated carbocycles. The summed E-state index contributed by atoms with van der Waals surface area (Å²) in [5, 5.41) is 9.97. The third kappa shape index (κ3) is 33.1. The Balaban J connectivity index is 3.42. The topological polar surface area (TPSA) is 72.8 Å². The van der Waals surface area contributed by atoms with E-state index < -0.39 is 6.10 Å². The van der Waals surface area contributed by atoms with Gasteiger partial charge in [0.05, 0.1) is 0 Å². The van der Waals surface area contributed by atoms with Crippen LogP contribution in [0.15, 0.2) is 12.2 Å². The lowest BCUT2D eigenvalue weighted by Crippen LogP contribution is -2.25. The van der Waals surface area contributed by atoms with E-state index in [0.29, 0.717) is 12.8 Å². The zero-order chi connectivity index (χ0) is 30.8. The van der Waals surface area contributed by atoms with Crippen molar-refractivity contribution in [3.8, 4) is 0 Å². The average molecular weight is 595 g/mol. The van der Waals surface area contributed by atoms with E-state index in [1.54, 1.807) is 0 Å². The summed E-state index contributed by atoms with van der Waals surface area (Å²) in [6, 6.07) is 0. The molecule has 1 N–H and O–H groups in total. The van der Waals surface area contributed by atoms with Gasteiger partial charge in [-0.05, 0) is 38.5 Å². The minimum absolute atomic E-state index is 0.115. The van der Waals surface area contributed by atoms with Crippen molar-refractivity contribution in [2.45, 2.75) is 200 Å². The van der Waals surface area contributed by atoms with E-state index in [9.17, 15) is 14.7 Å². The van der Waals surface area contributed by atoms with E-state index in [4.69, 9.17) is 9.47 Å². The molecule has 1 atom stereocenters. The molecule has 0 aliphatic carbocycles. The lowest BCUT2D eigenvalue weighted by atomic mass is 10.0. The largest absolute Gasteiger partial charge is 0.463 e. The number of esters is 2. The molecular formula is C37H70O5. The highest BCUT2D eigenvalue weighted by atomic mass is 16.6. The first kappa shape index (κ1) is 40.6. The SMILES string of the molecule is CCCCCCCC/C=C\CCCCCC(=O)OC[C@H](O)COC(=O)CCCCCCCCCCCCCCCCC. The fourth-order valence-corrected chi connectivity index (χ4v) is 5.20. The van der Waals surface area contributed by atoms with Gasteiger partial charge >= 0.3 is 11.9 Å². The van der Waals surface area contributed by atoms with E-state index in [0.717, 1.165) is 38.5 Å². The molecule has 0 bridgehead atoms. The number of hydrogen-bond donors (Lipinski definition) is 1. The number of carbonyl (C=O) groups excluding carboxylic acids is 2. The van der Waals surface area contributed by atoms with Gasteiger partial charge in [-0.25, -0.2) is 0 Å². The number of carbonyl (C=O) groups is 2. The Labute approximate surface area is 261 Å². The number of aliphatic hydroxyl groups is 1. The average Bonchev–Trinajstić information content (AvgIpc) is 2.99. The van der Waals surface area contributed by atoms with Crippen LogP contribution in [0.5, 0.6) is 0 Å². The van der Waals surface area contributed by atoms with Gasteiger partial charge in [-0.2, -0.15) is 0 Å². The number of aliphatic hydroxyl groups excluding tert-OH is 1. The number of hydrogen-bond acceptors (Lipinski definition) is 5. The van der Waals surface area contributed by atoms with Crippen LogP contribution in [0.25, 0.3) is 0 Å². The number of ether oxygens (including phenoxy) is 2. The summed E-state index contributed by atoms with van der Waals surface area (Å²) in [6.45, 7) is 4.28. The summed E-state index contributed by atoms with van der Waals surface area (Å²) in [7, 11) is 0. The van der Waals surface area contributed by atoms with Gasteiger partial charge in [-0.15, -0.1) is 0 Å². The third-order valence-corrected chi connectivity index (χ3v) is 8.00. The zero-order valence-corrected chi connectivity index (χ0v) is 28.0. The van der Waals surface area contributed by atoms with Gasteiger partial charge in [0.2, 0.25) is 0 Å². The quantitative estimate of drug-likeness (QED) is 0.0465. The highest BCUT2D eigenvalue weighted by Crippen LogP contribution is 2.14. The van der Waals surface area contributed by atoms with Crippen molar-refractivity contribution in [1.82, 2.24) is 0 Å². The normalized spacial score (nSPS) is 12.2. The maximum Gasteiger partial charge on any atom is 0.305 e. The lowest BCUT2D eigenvalue weighted by Gasteiger charge is -2.12. The van der Waals surface area contributed by atoms with Gasteiger partial charge in [-0.1, -0.05) is 154 Å². The predicted octanol–water partition coefficient (Wildman–Crippen LogP) is 11.0. The molecule has 0 heterocycles. The Hall–Kier alpha value is -1.36. The van der Waals surface area contributed by atoms with Crippen LogP contribution >= 0.6 is 0 Å². The molecule has 0 rings (SSSR count). The molecule has 0 saturated heterocycles. The number of unbranched alkanes of at least 4 members (excludes halogenated alkanes) is 23. The molecule has 0 unspecified atom stereocenters. The summed E-state index contributed by atoms with van der Waals surface area (Å²) in [5.41, 5.74) is 0. The fourth-order valence-electron chi connectivity index (χ4n) is 5.20. The van der Waals surface area contributed by atoms with Crippen LogP contribution in [-0.2, 0) is 19.1 Å². The highest BCUT2D eigenvalue weighted by Gasteiger charge is 2.12. The van der Waals surface area contributed by atoms with Crippen LogP contribution in [0.3, 0.4) is 0 Å². The molecule has 0 aromatic heterocycles. The summed E-state index contributed by atoms with van der Waals surface area (Å²) in [6.07, 6.45) is 36.9. The first-order valence-electron chi connectivity index (χ1n) is 18.2. The smallest absolute Gasteiger partial charge is 0.305 e. The minimum atomic E-state index is -0.962. The summed E-state index contributed by atoms with van der Waals surface area (Å²) >= 11 is 0. The second kappa shape index (κ2) is 34.1. The van der Waals surface area contributed by atoms with Crippen LogP contribution in [-0.4, -0.2) is 36.4 Å². The van der Waals surface area contributed by atoms with Crippen LogP contribution < -0.4 is 0 Å². The standard InChI is InChI=1S/C37H70O5/c1-3-5-7-9-11-13-15-17-18-20-22-24-26-28-30-32-37(40)42-34-35(38)33-41-36(39)31-29-27-25-23-21-19-16-14-12-10-8-6-4-2/h19,21,35,38H,3-18,20,22-34H2,1-2H3/b21-19-/t35-/m0/s1. The lowest BCUT2D eigenvalue weighted by molar-refractivity contribution is -0.152. The molecule has 0 aliphatic rings. The first-order chi connectivity index (χ1) is 20.6. The molecule has 248 valence electrons. The predicted molar refractivity (Wildman–Crippen MR) is 178 cm³/mol. The van der Waals surface area contributed by atoms with Gasteiger partial charge in [0.25, 0.3) is 0 Å². The zero-order valence-electron chi connectivity index (χ0n) is 28.0. The van der Waals surface area contributed by atoms with Gasteiger partial charge in [-0.3, -0.25) is 9.59 Å². The molecule has 0 amide bonds. The number of allylic oxidation sites excluding steroid dienone is 2. The van der Waals surface area contributed by atoms with E-state index in [1.807, 2.05) is 0 Å². The van der Waals surface area contributed by atoms with Gasteiger partial charge in [0, 0.05) is 12.8 Å². The molecule has 5 nitrogen and oxygen atoms in total. The summed E-state index contributed by atoms with van der Waals surface area (Å²) < 4.78 is 10.3. The molecule has 0 aromatic carbocycles. The van der Waals surface area contributed by atoms with Crippen molar-refractivity contribution in [3.63, 3.8) is 0 Å². The van der Waals surface area contributed by atoms with Crippen molar-refractivity contribution in [2.75, 3.05) is 13.2 Å². The Morgan fingerprint density at radius 1 is 0.476 bits per heavy atom. The fraction of sp³-hybridized carbons (Fsp3) is 0.892.